The molecule has 4 N–H and O–H groups in total. The van der Waals surface area contributed by atoms with E-state index in [0.717, 1.165) is 115 Å². The molecule has 98 heavy (non-hydrogen) atoms. The molecule has 1 aromatic heterocycles. The Bertz CT molecular complexity index is 4020. The van der Waals surface area contributed by atoms with Crippen LogP contribution in [0.25, 0.3) is 0 Å². The molecule has 8 heterocycles. The molecule has 0 radical (unpaired) electrons. The van der Waals surface area contributed by atoms with E-state index in [1.165, 1.54) is 55.2 Å². The van der Waals surface area contributed by atoms with Gasteiger partial charge in [-0.2, -0.15) is 0 Å². The maximum atomic E-state index is 18.6. The number of cyclic esters (lactones) is 1. The number of aliphatic hydroxyl groups is 3. The van der Waals surface area contributed by atoms with Crippen molar-refractivity contribution < 1.29 is 53.1 Å². The molecule has 0 unspecified atom stereocenters. The summed E-state index contributed by atoms with van der Waals surface area (Å²) in [6, 6.07) is 13.3. The fourth-order valence-corrected chi connectivity index (χ4v) is 33.5. The number of nitrogens with one attached hydrogen (secondary N) is 1. The lowest BCUT2D eigenvalue weighted by Gasteiger charge is -2.74. The van der Waals surface area contributed by atoms with Crippen molar-refractivity contribution >= 4 is 17.7 Å². The Hall–Kier alpha value is -4.81. The topological polar surface area (TPSA) is 181 Å². The first-order valence-electron chi connectivity index (χ1n) is 39.8. The highest BCUT2D eigenvalue weighted by atomic mass is 16.7. The van der Waals surface area contributed by atoms with Crippen LogP contribution < -0.4 is 5.32 Å². The minimum atomic E-state index is -1.58. The second-order valence-corrected chi connectivity index (χ2v) is 38.0. The number of ketones is 1. The molecule has 23 rings (SSSR count). The minimum Gasteiger partial charge on any atom is -0.469 e. The lowest BCUT2D eigenvalue weighted by atomic mass is 9.27. The van der Waals surface area contributed by atoms with E-state index in [1.807, 2.05) is 6.07 Å². The van der Waals surface area contributed by atoms with E-state index in [1.54, 1.807) is 6.26 Å². The summed E-state index contributed by atoms with van der Waals surface area (Å²) in [6.45, 7) is 3.82. The Kier molecular flexibility index (Phi) is 11.9. The van der Waals surface area contributed by atoms with Crippen molar-refractivity contribution in [1.82, 2.24) is 10.2 Å². The third-order valence-electron chi connectivity index (χ3n) is 35.9. The summed E-state index contributed by atoms with van der Waals surface area (Å²) in [6.07, 6.45) is 36.5. The van der Waals surface area contributed by atoms with Crippen molar-refractivity contribution in [2.24, 2.45) is 139 Å². The summed E-state index contributed by atoms with van der Waals surface area (Å²) in [5.41, 5.74) is -4.84. The zero-order valence-electron chi connectivity index (χ0n) is 57.3. The molecule has 13 nitrogen and oxygen atoms in total. The van der Waals surface area contributed by atoms with E-state index in [9.17, 15) is 14.9 Å². The van der Waals surface area contributed by atoms with Crippen molar-refractivity contribution in [1.29, 1.82) is 0 Å². The number of epoxide rings is 1. The van der Waals surface area contributed by atoms with Crippen LogP contribution in [0.3, 0.4) is 0 Å². The smallest absolute Gasteiger partial charge is 0.339 e. The number of allylic oxidation sites excluding steroid dienone is 4. The van der Waals surface area contributed by atoms with Gasteiger partial charge in [-0.15, -0.1) is 0 Å². The molecule has 11 saturated carbocycles. The van der Waals surface area contributed by atoms with Gasteiger partial charge in [0, 0.05) is 53.2 Å². The molecule has 11 bridgehead atoms. The minimum absolute atomic E-state index is 0.0383. The highest BCUT2D eigenvalue weighted by Crippen LogP contribution is 2.93. The number of hydrogen-bond donors (Lipinski definition) is 4. The third kappa shape index (κ3) is 6.52. The zero-order valence-corrected chi connectivity index (χ0v) is 57.3. The number of ether oxygens (including phenoxy) is 4. The first-order chi connectivity index (χ1) is 47.7. The normalized spacial score (nSPS) is 54.3. The molecule has 516 valence electrons. The lowest BCUT2D eigenvalue weighted by molar-refractivity contribution is -0.315. The van der Waals surface area contributed by atoms with Crippen LogP contribution in [0.15, 0.2) is 94.8 Å². The predicted molar refractivity (Wildman–Crippen MR) is 360 cm³/mol. The van der Waals surface area contributed by atoms with E-state index < -0.39 is 98.6 Å². The highest BCUT2D eigenvalue weighted by molar-refractivity contribution is 5.95. The Morgan fingerprint density at radius 3 is 2.64 bits per heavy atom. The van der Waals surface area contributed by atoms with Crippen molar-refractivity contribution in [3.8, 4) is 11.8 Å². The Morgan fingerprint density at radius 1 is 0.878 bits per heavy atom. The van der Waals surface area contributed by atoms with Crippen LogP contribution in [0, 0.1) is 151 Å². The SMILES string of the molecule is C[C@]12C[C@@H]3C[C@@]45CC6(CCCC6)C[C@H]4CC4=C[C@@H]6[C@]78CC[C@@H]9CCC[C@@H]9[C@H]7CC=C7C=C[C@@H](C[C@@H]78)[C@]67O[C@]46[C@H]5C(=O)OC[C@@]64[C@@H]7C(=O)[C@@H](O)[C@]5([C@@H]6C[C@H](Cc7ccccc7)CC[C@@H]6C#CC[C@@]1(c1ccoc1C[C@@H]([C@@H]1CC[C@H]6[C@H](C=CN7CNC[C@@H]67)C1)[C@H](O)CO)OC(=O)[C@H]1O[C@@]152)[C@H]34. The molecule has 8 spiro atoms. The average Bonchev–Trinajstić information content (AvgIpc) is 1.39. The number of fused-ring (bicyclic) bond motifs is 7. The van der Waals surface area contributed by atoms with Crippen molar-refractivity contribution in [3.63, 3.8) is 0 Å². The Labute approximate surface area is 576 Å². The monoisotopic (exact) mass is 1320 g/mol. The van der Waals surface area contributed by atoms with E-state index in [2.05, 4.69) is 95.9 Å². The number of furan rings is 1. The molecular weight excluding hydrogens is 1220 g/mol. The Morgan fingerprint density at radius 2 is 1.77 bits per heavy atom. The van der Waals surface area contributed by atoms with Crippen LogP contribution in [0.4, 0.5) is 0 Å². The Balaban J connectivity index is 0.767. The van der Waals surface area contributed by atoms with E-state index >= 15 is 19.5 Å². The summed E-state index contributed by atoms with van der Waals surface area (Å²) in [5, 5.41) is 42.7. The number of carbonyl (C=O) groups excluding carboxylic acids is 3. The quantitative estimate of drug-likeness (QED) is 0.0849. The van der Waals surface area contributed by atoms with Crippen LogP contribution in [-0.4, -0.2) is 106 Å². The summed E-state index contributed by atoms with van der Waals surface area (Å²) >= 11 is 0. The number of esters is 2. The molecule has 14 aliphatic carbocycles. The zero-order chi connectivity index (χ0) is 65.3. The molecule has 0 amide bonds. The van der Waals surface area contributed by atoms with Gasteiger partial charge in [0.05, 0.1) is 54.9 Å². The number of Topliss-reactive ketones (excluding diaryl/α,β-unsaturated/α-hetero) is 1. The van der Waals surface area contributed by atoms with Gasteiger partial charge in [-0.1, -0.05) is 105 Å². The van der Waals surface area contributed by atoms with Gasteiger partial charge in [-0.25, -0.2) is 4.79 Å². The van der Waals surface area contributed by atoms with Gasteiger partial charge in [0.25, 0.3) is 0 Å². The molecule has 16 fully saturated rings. The summed E-state index contributed by atoms with van der Waals surface area (Å²) in [4.78, 5) is 54.3. The number of rotatable bonds is 8. The number of carbonyl (C=O) groups is 3. The lowest BCUT2D eigenvalue weighted by Crippen LogP contribution is -2.84. The van der Waals surface area contributed by atoms with Gasteiger partial charge in [-0.3, -0.25) is 14.9 Å². The molecule has 31 atom stereocenters. The van der Waals surface area contributed by atoms with E-state index in [4.69, 9.17) is 18.6 Å². The summed E-state index contributed by atoms with van der Waals surface area (Å²) < 4.78 is 39.1. The highest BCUT2D eigenvalue weighted by Gasteiger charge is 3.01. The first-order valence-corrected chi connectivity index (χ1v) is 39.8. The number of aliphatic hydroxyl groups excluding tert-OH is 3. The summed E-state index contributed by atoms with van der Waals surface area (Å²) in [7, 11) is 0. The van der Waals surface area contributed by atoms with Crippen LogP contribution >= 0.6 is 0 Å². The van der Waals surface area contributed by atoms with E-state index in [-0.39, 0.29) is 83.0 Å². The molecule has 7 aliphatic heterocycles. The first kappa shape index (κ1) is 59.7. The number of benzene rings is 1. The molecular formula is C85H100N2O11. The second-order valence-electron chi connectivity index (χ2n) is 38.0. The maximum absolute atomic E-state index is 18.6. The van der Waals surface area contributed by atoms with Gasteiger partial charge in [-0.05, 0) is 244 Å². The second kappa shape index (κ2) is 19.5. The van der Waals surface area contributed by atoms with Gasteiger partial charge in [0.1, 0.15) is 29.7 Å². The van der Waals surface area contributed by atoms with Crippen LogP contribution in [0.1, 0.15) is 171 Å². The van der Waals surface area contributed by atoms with Gasteiger partial charge in [0.15, 0.2) is 17.5 Å². The fourth-order valence-electron chi connectivity index (χ4n) is 33.5. The fraction of sp³-hybridized carbons (Fsp3) is 0.729. The molecule has 1 aromatic carbocycles. The van der Waals surface area contributed by atoms with Gasteiger partial charge >= 0.3 is 11.9 Å². The van der Waals surface area contributed by atoms with E-state index in [0.29, 0.717) is 66.6 Å². The predicted octanol–water partition coefficient (Wildman–Crippen LogP) is 11.7. The van der Waals surface area contributed by atoms with Gasteiger partial charge in [0.2, 0.25) is 0 Å². The standard InChI is InChI=1S/C85H100N2O11/c1-76-38-53-39-78-43-77(25-5-6-26-77)40-56(78)34-55-36-67-79-28-22-48-11-7-13-57(48)60(79)21-18-50-16-19-54(35-62(50)79)83(67)70-68(90)72(91)82(69(53)80(70)44-95-74(92)71(78)84(55,80)98-83)63-32-47(31-46-9-3-2-4-10-46)14-15-49(63)12-8-27-81(76,97-75(93)73-85(76,82)96-73)61-24-30-94-66(61)37-59(65(89)42-88)51-17-20-58-52(33-51)23-29-87-45-86-41-64(58)87/h2-4,9-10,16,18-19,23-24,29-30,36,47-49,51-54,56-60,62-65,67,69-73,86,88-89,91H,5-7,11,13-15,17,20-22,25-28,31-35,37-45H2,1H3/t47-,48-,49-,51+,52+,53+,54-,56+,57-,58-,59-,60+,62-,63+,64-,65+,67+,69+,70-,71-,72+,73+,76-,78+,79+,80+,81-,82-,83-,84-,85+/m0/s1. The van der Waals surface area contributed by atoms with Crippen LogP contribution in [0.2, 0.25) is 0 Å². The van der Waals surface area contributed by atoms with Gasteiger partial charge < -0.3 is 43.6 Å². The molecule has 2 aromatic rings. The van der Waals surface area contributed by atoms with Crippen molar-refractivity contribution in [3.05, 3.63) is 107 Å². The largest absolute Gasteiger partial charge is 0.469 e. The van der Waals surface area contributed by atoms with Crippen LogP contribution in [-0.2, 0) is 51.8 Å². The average molecular weight is 1330 g/mol. The molecule has 21 aliphatic rings. The molecule has 5 saturated heterocycles. The van der Waals surface area contributed by atoms with Crippen molar-refractivity contribution in [2.45, 2.75) is 214 Å². The van der Waals surface area contributed by atoms with Crippen LogP contribution in [0.5, 0.6) is 0 Å². The maximum Gasteiger partial charge on any atom is 0.339 e. The van der Waals surface area contributed by atoms with Crippen molar-refractivity contribution in [2.75, 3.05) is 26.4 Å². The number of hydrogen-bond acceptors (Lipinski definition) is 13. The summed E-state index contributed by atoms with van der Waals surface area (Å²) in [5.74, 6) is 7.79. The third-order valence-corrected chi connectivity index (χ3v) is 35.9. The number of nitrogens with zero attached hydrogens (tertiary/aromatic N) is 1. The molecule has 13 heteroatoms.